The maximum Gasteiger partial charge on any atom is 0.0729 e. The highest BCUT2D eigenvalue weighted by Gasteiger charge is 2.11. The first-order valence-electron chi connectivity index (χ1n) is 8.11. The largest absolute Gasteiger partial charge is 0.394 e. The monoisotopic (exact) mass is 325 g/mol. The molecule has 0 aliphatic heterocycles. The van der Waals surface area contributed by atoms with E-state index in [0.29, 0.717) is 13.1 Å². The fraction of sp³-hybridized carbons (Fsp3) is 0.333. The zero-order valence-corrected chi connectivity index (χ0v) is 14.1. The van der Waals surface area contributed by atoms with E-state index >= 15 is 0 Å². The minimum Gasteiger partial charge on any atom is -0.394 e. The predicted octanol–water partition coefficient (Wildman–Crippen LogP) is 2.35. The number of aryl methyl sites for hydroxylation is 1. The van der Waals surface area contributed by atoms with Crippen LogP contribution in [0.15, 0.2) is 42.7 Å². The maximum absolute atomic E-state index is 9.09. The smallest absolute Gasteiger partial charge is 0.0729 e. The third-order valence-corrected chi connectivity index (χ3v) is 4.13. The molecule has 0 aliphatic carbocycles. The number of nitrogens with one attached hydrogen (secondary N) is 1. The number of anilines is 1. The van der Waals surface area contributed by atoms with Gasteiger partial charge in [-0.2, -0.15) is 10.2 Å². The highest BCUT2D eigenvalue weighted by Crippen LogP contribution is 2.16. The van der Waals surface area contributed by atoms with Crippen molar-refractivity contribution in [3.05, 3.63) is 65.2 Å². The molecule has 6 nitrogen and oxygen atoms in total. The standard InChI is InChI=1S/C18H23N5O/c1-14-18(15(2)23(21-14)8-9-24)11-19-17-10-20-22(13-17)12-16-6-4-3-5-7-16/h3-7,10,13,19,24H,8-9,11-12H2,1-2H3. The fourth-order valence-electron chi connectivity index (χ4n) is 2.80. The first-order valence-corrected chi connectivity index (χ1v) is 8.11. The highest BCUT2D eigenvalue weighted by molar-refractivity contribution is 5.40. The summed E-state index contributed by atoms with van der Waals surface area (Å²) in [5.74, 6) is 0. The second-order valence-electron chi connectivity index (χ2n) is 5.86. The van der Waals surface area contributed by atoms with Crippen LogP contribution in [0, 0.1) is 13.8 Å². The maximum atomic E-state index is 9.09. The Balaban J connectivity index is 1.64. The average Bonchev–Trinajstić information content (AvgIpc) is 3.12. The van der Waals surface area contributed by atoms with E-state index in [1.165, 1.54) is 11.1 Å². The van der Waals surface area contributed by atoms with Gasteiger partial charge in [-0.25, -0.2) is 0 Å². The van der Waals surface area contributed by atoms with Crippen LogP contribution in [-0.2, 0) is 19.6 Å². The average molecular weight is 325 g/mol. The Morgan fingerprint density at radius 3 is 2.71 bits per heavy atom. The molecule has 2 aromatic heterocycles. The van der Waals surface area contributed by atoms with Gasteiger partial charge in [-0.3, -0.25) is 9.36 Å². The first kappa shape index (κ1) is 16.3. The normalized spacial score (nSPS) is 11.0. The molecule has 0 saturated heterocycles. The summed E-state index contributed by atoms with van der Waals surface area (Å²) in [6.45, 7) is 6.11. The lowest BCUT2D eigenvalue weighted by atomic mass is 10.2. The SMILES string of the molecule is Cc1nn(CCO)c(C)c1CNc1cnn(Cc2ccccc2)c1. The first-order chi connectivity index (χ1) is 11.7. The van der Waals surface area contributed by atoms with E-state index in [2.05, 4.69) is 27.6 Å². The highest BCUT2D eigenvalue weighted by atomic mass is 16.3. The zero-order chi connectivity index (χ0) is 16.9. The van der Waals surface area contributed by atoms with Crippen LogP contribution in [0.2, 0.25) is 0 Å². The van der Waals surface area contributed by atoms with Gasteiger partial charge in [0.1, 0.15) is 0 Å². The van der Waals surface area contributed by atoms with Crippen molar-refractivity contribution in [3.8, 4) is 0 Å². The molecule has 0 spiro atoms. The van der Waals surface area contributed by atoms with Crippen LogP contribution in [0.3, 0.4) is 0 Å². The summed E-state index contributed by atoms with van der Waals surface area (Å²) in [6, 6.07) is 10.3. The summed E-state index contributed by atoms with van der Waals surface area (Å²) >= 11 is 0. The lowest BCUT2D eigenvalue weighted by Crippen LogP contribution is -2.07. The molecule has 2 N–H and O–H groups in total. The van der Waals surface area contributed by atoms with Crippen molar-refractivity contribution < 1.29 is 5.11 Å². The van der Waals surface area contributed by atoms with Crippen LogP contribution in [0.25, 0.3) is 0 Å². The van der Waals surface area contributed by atoms with Crippen LogP contribution in [0.4, 0.5) is 5.69 Å². The Bertz CT molecular complexity index is 791. The van der Waals surface area contributed by atoms with Crippen molar-refractivity contribution in [2.24, 2.45) is 0 Å². The van der Waals surface area contributed by atoms with E-state index in [1.807, 2.05) is 53.8 Å². The Hall–Kier alpha value is -2.60. The molecule has 24 heavy (non-hydrogen) atoms. The lowest BCUT2D eigenvalue weighted by Gasteiger charge is -2.05. The van der Waals surface area contributed by atoms with Gasteiger partial charge >= 0.3 is 0 Å². The third-order valence-electron chi connectivity index (χ3n) is 4.13. The second kappa shape index (κ2) is 7.31. The van der Waals surface area contributed by atoms with Gasteiger partial charge in [-0.05, 0) is 19.4 Å². The number of nitrogens with zero attached hydrogens (tertiary/aromatic N) is 4. The molecule has 0 atom stereocenters. The van der Waals surface area contributed by atoms with E-state index in [4.69, 9.17) is 5.11 Å². The van der Waals surface area contributed by atoms with Gasteiger partial charge in [-0.1, -0.05) is 30.3 Å². The van der Waals surface area contributed by atoms with Gasteiger partial charge in [-0.15, -0.1) is 0 Å². The molecule has 3 rings (SSSR count). The molecule has 0 unspecified atom stereocenters. The van der Waals surface area contributed by atoms with Crippen LogP contribution in [0.1, 0.15) is 22.5 Å². The second-order valence-corrected chi connectivity index (χ2v) is 5.86. The quantitative estimate of drug-likeness (QED) is 0.700. The summed E-state index contributed by atoms with van der Waals surface area (Å²) in [6.07, 6.45) is 3.85. The molecular formula is C18H23N5O. The number of hydrogen-bond donors (Lipinski definition) is 2. The number of benzene rings is 1. The summed E-state index contributed by atoms with van der Waals surface area (Å²) in [4.78, 5) is 0. The van der Waals surface area contributed by atoms with E-state index in [9.17, 15) is 0 Å². The number of rotatable bonds is 7. The number of aliphatic hydroxyl groups excluding tert-OH is 1. The van der Waals surface area contributed by atoms with Crippen molar-refractivity contribution >= 4 is 5.69 Å². The lowest BCUT2D eigenvalue weighted by molar-refractivity contribution is 0.268. The molecule has 0 saturated carbocycles. The van der Waals surface area contributed by atoms with Gasteiger partial charge in [0.15, 0.2) is 0 Å². The predicted molar refractivity (Wildman–Crippen MR) is 93.9 cm³/mol. The number of aliphatic hydroxyl groups is 1. The zero-order valence-electron chi connectivity index (χ0n) is 14.1. The number of hydrogen-bond acceptors (Lipinski definition) is 4. The summed E-state index contributed by atoms with van der Waals surface area (Å²) in [5, 5.41) is 21.4. The Morgan fingerprint density at radius 1 is 1.17 bits per heavy atom. The molecule has 0 bridgehead atoms. The fourth-order valence-corrected chi connectivity index (χ4v) is 2.80. The van der Waals surface area contributed by atoms with E-state index in [-0.39, 0.29) is 6.61 Å². The van der Waals surface area contributed by atoms with Gasteiger partial charge in [0.2, 0.25) is 0 Å². The molecule has 0 radical (unpaired) electrons. The Kier molecular flexibility index (Phi) is 4.96. The Labute approximate surface area is 141 Å². The molecule has 2 heterocycles. The van der Waals surface area contributed by atoms with Crippen LogP contribution < -0.4 is 5.32 Å². The molecule has 3 aromatic rings. The molecule has 0 fully saturated rings. The van der Waals surface area contributed by atoms with E-state index in [0.717, 1.165) is 23.6 Å². The number of aromatic nitrogens is 4. The summed E-state index contributed by atoms with van der Waals surface area (Å²) < 4.78 is 3.78. The molecule has 0 amide bonds. The molecule has 0 aliphatic rings. The van der Waals surface area contributed by atoms with Crippen molar-refractivity contribution in [1.29, 1.82) is 0 Å². The summed E-state index contributed by atoms with van der Waals surface area (Å²) in [7, 11) is 0. The minimum atomic E-state index is 0.0983. The van der Waals surface area contributed by atoms with Crippen molar-refractivity contribution in [2.75, 3.05) is 11.9 Å². The van der Waals surface area contributed by atoms with Gasteiger partial charge in [0.25, 0.3) is 0 Å². The topological polar surface area (TPSA) is 67.9 Å². The minimum absolute atomic E-state index is 0.0983. The summed E-state index contributed by atoms with van der Waals surface area (Å²) in [5.41, 5.74) is 5.46. The molecule has 126 valence electrons. The van der Waals surface area contributed by atoms with E-state index in [1.54, 1.807) is 0 Å². The van der Waals surface area contributed by atoms with Crippen LogP contribution >= 0.6 is 0 Å². The van der Waals surface area contributed by atoms with Crippen molar-refractivity contribution in [1.82, 2.24) is 19.6 Å². The Morgan fingerprint density at radius 2 is 1.96 bits per heavy atom. The van der Waals surface area contributed by atoms with Gasteiger partial charge in [0.05, 0.1) is 37.3 Å². The van der Waals surface area contributed by atoms with Gasteiger partial charge < -0.3 is 10.4 Å². The van der Waals surface area contributed by atoms with Crippen LogP contribution in [0.5, 0.6) is 0 Å². The van der Waals surface area contributed by atoms with Crippen molar-refractivity contribution in [2.45, 2.75) is 33.5 Å². The third kappa shape index (κ3) is 3.65. The van der Waals surface area contributed by atoms with E-state index < -0.39 is 0 Å². The van der Waals surface area contributed by atoms with Gasteiger partial charge in [0, 0.05) is 24.0 Å². The van der Waals surface area contributed by atoms with Crippen molar-refractivity contribution in [3.63, 3.8) is 0 Å². The molecule has 6 heteroatoms. The molecular weight excluding hydrogens is 302 g/mol. The van der Waals surface area contributed by atoms with Crippen LogP contribution in [-0.4, -0.2) is 31.3 Å². The molecule has 1 aromatic carbocycles.